The summed E-state index contributed by atoms with van der Waals surface area (Å²) in [5, 5.41) is 0.597. The van der Waals surface area contributed by atoms with Crippen molar-refractivity contribution in [1.29, 1.82) is 0 Å². The van der Waals surface area contributed by atoms with E-state index in [0.717, 1.165) is 18.5 Å². The van der Waals surface area contributed by atoms with Crippen LogP contribution in [0, 0.1) is 5.92 Å². The van der Waals surface area contributed by atoms with Gasteiger partial charge >= 0.3 is 0 Å². The maximum atomic E-state index is 12.6. The minimum absolute atomic E-state index is 0.0646. The molecule has 0 spiro atoms. The van der Waals surface area contributed by atoms with Gasteiger partial charge in [-0.1, -0.05) is 29.8 Å². The lowest BCUT2D eigenvalue weighted by atomic mass is 9.96. The molecule has 1 unspecified atom stereocenters. The number of para-hydroxylation sites is 1. The molecule has 2 aromatic carbocycles. The Bertz CT molecular complexity index is 734. The molecule has 1 aliphatic heterocycles. The lowest BCUT2D eigenvalue weighted by molar-refractivity contribution is -0.125. The number of benzene rings is 2. The molecule has 1 saturated heterocycles. The first-order valence-electron chi connectivity index (χ1n) is 8.29. The molecule has 1 fully saturated rings. The smallest absolute Gasteiger partial charge is 0.253 e. The molecule has 6 heteroatoms. The summed E-state index contributed by atoms with van der Waals surface area (Å²) in [6, 6.07) is 16.3. The second-order valence-electron chi connectivity index (χ2n) is 6.08. The van der Waals surface area contributed by atoms with Gasteiger partial charge in [0.05, 0.1) is 11.6 Å². The fourth-order valence-electron chi connectivity index (χ4n) is 2.91. The first kappa shape index (κ1) is 17.3. The molecule has 0 saturated carbocycles. The van der Waals surface area contributed by atoms with E-state index in [2.05, 4.69) is 10.9 Å². The van der Waals surface area contributed by atoms with Gasteiger partial charge in [-0.15, -0.1) is 0 Å². The number of halogens is 1. The maximum absolute atomic E-state index is 12.6. The number of hydrogen-bond donors (Lipinski definition) is 2. The zero-order chi connectivity index (χ0) is 17.6. The van der Waals surface area contributed by atoms with Crippen LogP contribution in [0.1, 0.15) is 23.2 Å². The fraction of sp³-hybridized carbons (Fsp3) is 0.263. The van der Waals surface area contributed by atoms with E-state index >= 15 is 0 Å². The lowest BCUT2D eigenvalue weighted by Crippen LogP contribution is -2.46. The Balaban J connectivity index is 1.57. The number of piperidine rings is 1. The highest BCUT2D eigenvalue weighted by atomic mass is 35.5. The molecule has 2 N–H and O–H groups in total. The molecule has 1 heterocycles. The number of carbonyl (C=O) groups is 2. The van der Waals surface area contributed by atoms with Crippen molar-refractivity contribution >= 4 is 29.1 Å². The summed E-state index contributed by atoms with van der Waals surface area (Å²) in [5.74, 6) is -0.385. The molecule has 2 amide bonds. The SMILES string of the molecule is O=C(NNc1ccccc1)C1CCCN(C(=O)c2ccc(Cl)cc2)C1. The second kappa shape index (κ2) is 8.03. The molecule has 0 aliphatic carbocycles. The molecule has 3 rings (SSSR count). The number of hydrazine groups is 1. The molecule has 1 atom stereocenters. The van der Waals surface area contributed by atoms with Crippen LogP contribution in [0.3, 0.4) is 0 Å². The maximum Gasteiger partial charge on any atom is 0.253 e. The van der Waals surface area contributed by atoms with Gasteiger partial charge in [0.1, 0.15) is 0 Å². The van der Waals surface area contributed by atoms with Crippen LogP contribution < -0.4 is 10.9 Å². The summed E-state index contributed by atoms with van der Waals surface area (Å²) < 4.78 is 0. The second-order valence-corrected chi connectivity index (χ2v) is 6.51. The molecular weight excluding hydrogens is 338 g/mol. The average Bonchev–Trinajstić information content (AvgIpc) is 2.67. The number of rotatable bonds is 4. The number of hydrogen-bond acceptors (Lipinski definition) is 3. The van der Waals surface area contributed by atoms with E-state index < -0.39 is 0 Å². The quantitative estimate of drug-likeness (QED) is 0.825. The minimum atomic E-state index is -0.221. The molecule has 0 radical (unpaired) electrons. The minimum Gasteiger partial charge on any atom is -0.338 e. The number of nitrogens with one attached hydrogen (secondary N) is 2. The summed E-state index contributed by atoms with van der Waals surface area (Å²) in [5.41, 5.74) is 7.05. The van der Waals surface area contributed by atoms with Crippen LogP contribution in [0.4, 0.5) is 5.69 Å². The summed E-state index contributed by atoms with van der Waals surface area (Å²) in [7, 11) is 0. The normalized spacial score (nSPS) is 17.0. The zero-order valence-corrected chi connectivity index (χ0v) is 14.5. The van der Waals surface area contributed by atoms with Gasteiger partial charge < -0.3 is 4.90 Å². The summed E-state index contributed by atoms with van der Waals surface area (Å²) >= 11 is 5.87. The Labute approximate surface area is 151 Å². The van der Waals surface area contributed by atoms with E-state index in [1.165, 1.54) is 0 Å². The van der Waals surface area contributed by atoms with Crippen molar-refractivity contribution in [1.82, 2.24) is 10.3 Å². The van der Waals surface area contributed by atoms with Gasteiger partial charge in [-0.3, -0.25) is 20.4 Å². The number of amides is 2. The Morgan fingerprint density at radius 1 is 1.04 bits per heavy atom. The van der Waals surface area contributed by atoms with E-state index in [1.54, 1.807) is 29.2 Å². The topological polar surface area (TPSA) is 61.4 Å². The summed E-state index contributed by atoms with van der Waals surface area (Å²) in [4.78, 5) is 26.7. The molecule has 130 valence electrons. The van der Waals surface area contributed by atoms with Crippen molar-refractivity contribution in [3.05, 3.63) is 65.2 Å². The van der Waals surface area contributed by atoms with Crippen molar-refractivity contribution in [3.63, 3.8) is 0 Å². The van der Waals surface area contributed by atoms with Crippen molar-refractivity contribution < 1.29 is 9.59 Å². The van der Waals surface area contributed by atoms with Crippen LogP contribution in [0.15, 0.2) is 54.6 Å². The van der Waals surface area contributed by atoms with Gasteiger partial charge in [0.25, 0.3) is 5.91 Å². The molecular formula is C19H20ClN3O2. The molecule has 25 heavy (non-hydrogen) atoms. The van der Waals surface area contributed by atoms with E-state index in [9.17, 15) is 9.59 Å². The van der Waals surface area contributed by atoms with Crippen LogP contribution in [-0.2, 0) is 4.79 Å². The van der Waals surface area contributed by atoms with Gasteiger partial charge in [-0.25, -0.2) is 0 Å². The highest BCUT2D eigenvalue weighted by molar-refractivity contribution is 6.30. The Morgan fingerprint density at radius 3 is 2.48 bits per heavy atom. The van der Waals surface area contributed by atoms with Crippen molar-refractivity contribution in [2.24, 2.45) is 5.92 Å². The highest BCUT2D eigenvalue weighted by Gasteiger charge is 2.28. The van der Waals surface area contributed by atoms with Gasteiger partial charge in [0.15, 0.2) is 0 Å². The van der Waals surface area contributed by atoms with Crippen LogP contribution in [0.25, 0.3) is 0 Å². The van der Waals surface area contributed by atoms with E-state index in [-0.39, 0.29) is 17.7 Å². The van der Waals surface area contributed by atoms with E-state index in [1.807, 2.05) is 30.3 Å². The van der Waals surface area contributed by atoms with Crippen LogP contribution >= 0.6 is 11.6 Å². The van der Waals surface area contributed by atoms with Crippen molar-refractivity contribution in [3.8, 4) is 0 Å². The molecule has 1 aliphatic rings. The molecule has 0 aromatic heterocycles. The zero-order valence-electron chi connectivity index (χ0n) is 13.7. The Kier molecular flexibility index (Phi) is 5.56. The Hall–Kier alpha value is -2.53. The number of likely N-dealkylation sites (tertiary alicyclic amines) is 1. The molecule has 2 aromatic rings. The number of carbonyl (C=O) groups excluding carboxylic acids is 2. The third kappa shape index (κ3) is 4.51. The summed E-state index contributed by atoms with van der Waals surface area (Å²) in [6.07, 6.45) is 1.58. The first-order valence-corrected chi connectivity index (χ1v) is 8.67. The van der Waals surface area contributed by atoms with Gasteiger partial charge in [-0.2, -0.15) is 0 Å². The fourth-order valence-corrected chi connectivity index (χ4v) is 3.03. The van der Waals surface area contributed by atoms with Crippen LogP contribution in [0.5, 0.6) is 0 Å². The third-order valence-corrected chi connectivity index (χ3v) is 4.53. The molecule has 5 nitrogen and oxygen atoms in total. The van der Waals surface area contributed by atoms with Gasteiger partial charge in [0, 0.05) is 23.7 Å². The largest absolute Gasteiger partial charge is 0.338 e. The summed E-state index contributed by atoms with van der Waals surface area (Å²) in [6.45, 7) is 1.08. The first-order chi connectivity index (χ1) is 12.1. The molecule has 0 bridgehead atoms. The predicted octanol–water partition coefficient (Wildman–Crippen LogP) is 3.34. The van der Waals surface area contributed by atoms with Gasteiger partial charge in [-0.05, 0) is 49.2 Å². The Morgan fingerprint density at radius 2 is 1.76 bits per heavy atom. The van der Waals surface area contributed by atoms with Gasteiger partial charge in [0.2, 0.25) is 5.91 Å². The standard InChI is InChI=1S/C19H20ClN3O2/c20-16-10-8-14(9-11-16)19(25)23-12-4-5-15(13-23)18(24)22-21-17-6-2-1-3-7-17/h1-3,6-11,15,21H,4-5,12-13H2,(H,22,24). The highest BCUT2D eigenvalue weighted by Crippen LogP contribution is 2.20. The monoisotopic (exact) mass is 357 g/mol. The predicted molar refractivity (Wildman–Crippen MR) is 98.3 cm³/mol. The van der Waals surface area contributed by atoms with E-state index in [0.29, 0.717) is 23.7 Å². The lowest BCUT2D eigenvalue weighted by Gasteiger charge is -2.32. The number of anilines is 1. The average molecular weight is 358 g/mol. The van der Waals surface area contributed by atoms with E-state index in [4.69, 9.17) is 11.6 Å². The van der Waals surface area contributed by atoms with Crippen LogP contribution in [0.2, 0.25) is 5.02 Å². The third-order valence-electron chi connectivity index (χ3n) is 4.27. The number of nitrogens with zero attached hydrogens (tertiary/aromatic N) is 1. The van der Waals surface area contributed by atoms with Crippen molar-refractivity contribution in [2.75, 3.05) is 18.5 Å². The van der Waals surface area contributed by atoms with Crippen molar-refractivity contribution in [2.45, 2.75) is 12.8 Å². The van der Waals surface area contributed by atoms with Crippen LogP contribution in [-0.4, -0.2) is 29.8 Å².